The zero-order valence-electron chi connectivity index (χ0n) is 16.6. The molecule has 1 aliphatic rings. The molecule has 0 radical (unpaired) electrons. The first-order valence-corrected chi connectivity index (χ1v) is 9.77. The van der Waals surface area contributed by atoms with Crippen molar-refractivity contribution in [3.8, 4) is 0 Å². The first kappa shape index (κ1) is 18.9. The first-order chi connectivity index (χ1) is 14.0. The number of hydrogen-bond donors (Lipinski definition) is 0. The van der Waals surface area contributed by atoms with E-state index in [1.807, 2.05) is 85.8 Å². The highest BCUT2D eigenvalue weighted by Gasteiger charge is 2.52. The van der Waals surface area contributed by atoms with Crippen molar-refractivity contribution in [3.05, 3.63) is 129 Å². The van der Waals surface area contributed by atoms with E-state index in [1.165, 1.54) is 0 Å². The van der Waals surface area contributed by atoms with Gasteiger partial charge in [0.05, 0.1) is 5.92 Å². The Hall–Kier alpha value is -3.46. The van der Waals surface area contributed by atoms with Crippen molar-refractivity contribution >= 4 is 11.1 Å². The van der Waals surface area contributed by atoms with Gasteiger partial charge in [0.25, 0.3) is 5.54 Å². The molecule has 0 heterocycles. The van der Waals surface area contributed by atoms with Gasteiger partial charge in [0, 0.05) is 17.4 Å². The van der Waals surface area contributed by atoms with E-state index in [-0.39, 0.29) is 10.8 Å². The van der Waals surface area contributed by atoms with Gasteiger partial charge in [0.15, 0.2) is 0 Å². The van der Waals surface area contributed by atoms with Crippen LogP contribution in [0.4, 0.5) is 0 Å². The van der Waals surface area contributed by atoms with Gasteiger partial charge in [-0.05, 0) is 34.8 Å². The summed E-state index contributed by atoms with van der Waals surface area (Å²) in [6.45, 7) is 3.76. The number of nitrogens with zero attached hydrogens (tertiary/aromatic N) is 1. The van der Waals surface area contributed by atoms with Gasteiger partial charge in [-0.1, -0.05) is 97.1 Å². The monoisotopic (exact) mass is 381 g/mol. The van der Waals surface area contributed by atoms with Gasteiger partial charge in [-0.25, -0.2) is 0 Å². The predicted molar refractivity (Wildman–Crippen MR) is 118 cm³/mol. The van der Waals surface area contributed by atoms with Gasteiger partial charge in [0.1, 0.15) is 0 Å². The molecule has 3 heteroatoms. The SMILES string of the molecule is CC1=C(c2ccccc2)C(C)([N+](=O)[O-])C(c2ccccc2)C=C1c1ccccc1. The summed E-state index contributed by atoms with van der Waals surface area (Å²) >= 11 is 0. The Balaban J connectivity index is 2.04. The largest absolute Gasteiger partial charge is 0.264 e. The second-order valence-electron chi connectivity index (χ2n) is 7.61. The van der Waals surface area contributed by atoms with Crippen LogP contribution in [0.3, 0.4) is 0 Å². The topological polar surface area (TPSA) is 43.1 Å². The summed E-state index contributed by atoms with van der Waals surface area (Å²) in [7, 11) is 0. The molecule has 0 aliphatic heterocycles. The fourth-order valence-corrected chi connectivity index (χ4v) is 4.45. The molecular weight excluding hydrogens is 358 g/mol. The summed E-state index contributed by atoms with van der Waals surface area (Å²) in [6, 6.07) is 29.7. The molecule has 29 heavy (non-hydrogen) atoms. The van der Waals surface area contributed by atoms with Crippen LogP contribution in [0.5, 0.6) is 0 Å². The van der Waals surface area contributed by atoms with Crippen molar-refractivity contribution in [2.75, 3.05) is 0 Å². The van der Waals surface area contributed by atoms with Crippen LogP contribution in [0, 0.1) is 10.1 Å². The van der Waals surface area contributed by atoms with E-state index >= 15 is 0 Å². The number of hydrogen-bond acceptors (Lipinski definition) is 2. The number of benzene rings is 3. The zero-order chi connectivity index (χ0) is 20.4. The molecule has 0 amide bonds. The van der Waals surface area contributed by atoms with Gasteiger partial charge < -0.3 is 0 Å². The lowest BCUT2D eigenvalue weighted by atomic mass is 9.66. The molecule has 3 nitrogen and oxygen atoms in total. The molecule has 1 aliphatic carbocycles. The average molecular weight is 381 g/mol. The molecule has 2 atom stereocenters. The fraction of sp³-hybridized carbons (Fsp3) is 0.154. The number of rotatable bonds is 4. The molecule has 0 aromatic heterocycles. The molecule has 2 unspecified atom stereocenters. The molecule has 0 spiro atoms. The minimum absolute atomic E-state index is 0.116. The van der Waals surface area contributed by atoms with Crippen LogP contribution in [-0.2, 0) is 0 Å². The van der Waals surface area contributed by atoms with Crippen LogP contribution in [0.1, 0.15) is 36.5 Å². The minimum Gasteiger partial charge on any atom is -0.264 e. The maximum absolute atomic E-state index is 12.6. The van der Waals surface area contributed by atoms with E-state index in [1.54, 1.807) is 6.92 Å². The van der Waals surface area contributed by atoms with Crippen molar-refractivity contribution in [2.24, 2.45) is 0 Å². The van der Waals surface area contributed by atoms with Crippen molar-refractivity contribution in [1.82, 2.24) is 0 Å². The maximum Gasteiger partial charge on any atom is 0.255 e. The van der Waals surface area contributed by atoms with Gasteiger partial charge in [0.2, 0.25) is 0 Å². The van der Waals surface area contributed by atoms with Crippen molar-refractivity contribution in [3.63, 3.8) is 0 Å². The second kappa shape index (κ2) is 7.51. The van der Waals surface area contributed by atoms with Crippen LogP contribution in [0.2, 0.25) is 0 Å². The van der Waals surface area contributed by atoms with E-state index in [0.717, 1.165) is 33.4 Å². The highest BCUT2D eigenvalue weighted by atomic mass is 16.6. The van der Waals surface area contributed by atoms with Crippen molar-refractivity contribution in [2.45, 2.75) is 25.3 Å². The second-order valence-corrected chi connectivity index (χ2v) is 7.61. The third-order valence-corrected chi connectivity index (χ3v) is 5.91. The van der Waals surface area contributed by atoms with E-state index in [4.69, 9.17) is 0 Å². The fourth-order valence-electron chi connectivity index (χ4n) is 4.45. The third-order valence-electron chi connectivity index (χ3n) is 5.91. The molecule has 0 bridgehead atoms. The standard InChI is InChI=1S/C26H23NO2/c1-19-23(20-12-6-3-7-13-20)18-24(21-14-8-4-9-15-21)26(2,27(28)29)25(19)22-16-10-5-11-17-22/h3-18,24H,1-2H3. The smallest absolute Gasteiger partial charge is 0.255 e. The van der Waals surface area contributed by atoms with Crippen LogP contribution < -0.4 is 0 Å². The lowest BCUT2D eigenvalue weighted by Gasteiger charge is -2.37. The summed E-state index contributed by atoms with van der Waals surface area (Å²) in [5, 5.41) is 12.6. The summed E-state index contributed by atoms with van der Waals surface area (Å²) in [5.74, 6) is -0.382. The molecule has 3 aromatic rings. The highest BCUT2D eigenvalue weighted by Crippen LogP contribution is 2.50. The molecule has 3 aromatic carbocycles. The zero-order valence-corrected chi connectivity index (χ0v) is 16.6. The van der Waals surface area contributed by atoms with Crippen molar-refractivity contribution < 1.29 is 4.92 Å². The third kappa shape index (κ3) is 3.19. The number of nitro groups is 1. The normalized spacial score (nSPS) is 21.6. The Morgan fingerprint density at radius 2 is 1.28 bits per heavy atom. The van der Waals surface area contributed by atoms with E-state index < -0.39 is 5.54 Å². The number of allylic oxidation sites excluding steroid dienone is 2. The van der Waals surface area contributed by atoms with Crippen LogP contribution in [0.15, 0.2) is 103 Å². The summed E-state index contributed by atoms with van der Waals surface area (Å²) in [4.78, 5) is 12.5. The van der Waals surface area contributed by atoms with Crippen LogP contribution in [-0.4, -0.2) is 10.5 Å². The van der Waals surface area contributed by atoms with E-state index in [2.05, 4.69) is 18.2 Å². The molecule has 0 saturated carbocycles. The molecule has 0 fully saturated rings. The molecule has 4 rings (SSSR count). The Morgan fingerprint density at radius 3 is 1.79 bits per heavy atom. The lowest BCUT2D eigenvalue weighted by molar-refractivity contribution is -0.549. The van der Waals surface area contributed by atoms with Crippen LogP contribution in [0.25, 0.3) is 11.1 Å². The Labute approximate surface area is 171 Å². The van der Waals surface area contributed by atoms with Gasteiger partial charge >= 0.3 is 0 Å². The molecule has 0 saturated heterocycles. The highest BCUT2D eigenvalue weighted by molar-refractivity contribution is 5.94. The summed E-state index contributed by atoms with van der Waals surface area (Å²) in [5.41, 5.74) is 4.42. The Morgan fingerprint density at radius 1 is 0.793 bits per heavy atom. The van der Waals surface area contributed by atoms with Crippen molar-refractivity contribution in [1.29, 1.82) is 0 Å². The van der Waals surface area contributed by atoms with Gasteiger partial charge in [-0.3, -0.25) is 10.1 Å². The molecular formula is C26H23NO2. The van der Waals surface area contributed by atoms with E-state index in [9.17, 15) is 10.1 Å². The maximum atomic E-state index is 12.6. The van der Waals surface area contributed by atoms with Gasteiger partial charge in [-0.15, -0.1) is 0 Å². The summed E-state index contributed by atoms with van der Waals surface area (Å²) < 4.78 is 0. The Kier molecular flexibility index (Phi) is 4.89. The minimum atomic E-state index is -1.27. The quantitative estimate of drug-likeness (QED) is 0.389. The lowest BCUT2D eigenvalue weighted by Crippen LogP contribution is -2.44. The van der Waals surface area contributed by atoms with E-state index in [0.29, 0.717) is 0 Å². The molecule has 144 valence electrons. The molecule has 0 N–H and O–H groups in total. The predicted octanol–water partition coefficient (Wildman–Crippen LogP) is 6.38. The van der Waals surface area contributed by atoms with Crippen LogP contribution >= 0.6 is 0 Å². The Bertz CT molecular complexity index is 1090. The summed E-state index contributed by atoms with van der Waals surface area (Å²) in [6.07, 6.45) is 2.08. The average Bonchev–Trinajstić information content (AvgIpc) is 2.76. The van der Waals surface area contributed by atoms with Gasteiger partial charge in [-0.2, -0.15) is 0 Å². The first-order valence-electron chi connectivity index (χ1n) is 9.77.